The predicted molar refractivity (Wildman–Crippen MR) is 112 cm³/mol. The minimum Gasteiger partial charge on any atom is -0.406 e. The second-order valence-corrected chi connectivity index (χ2v) is 8.98. The van der Waals surface area contributed by atoms with Crippen LogP contribution in [0.15, 0.2) is 63.4 Å². The number of benzene rings is 2. The molecule has 0 atom stereocenters. The van der Waals surface area contributed by atoms with Gasteiger partial charge in [-0.15, -0.1) is 24.9 Å². The van der Waals surface area contributed by atoms with Gasteiger partial charge >= 0.3 is 12.5 Å². The third-order valence-electron chi connectivity index (χ3n) is 4.64. The highest BCUT2D eigenvalue weighted by Crippen LogP contribution is 2.33. The lowest BCUT2D eigenvalue weighted by Crippen LogP contribution is -2.24. The summed E-state index contributed by atoms with van der Waals surface area (Å²) in [6, 6.07) is 9.50. The van der Waals surface area contributed by atoms with Crippen LogP contribution in [-0.4, -0.2) is 21.7 Å². The number of alkyl halides is 6. The summed E-state index contributed by atoms with van der Waals surface area (Å²) in [6.07, 6.45) is -8.68. The molecular weight excluding hydrogens is 490 g/mol. The summed E-state index contributed by atoms with van der Waals surface area (Å²) in [7, 11) is 0. The van der Waals surface area contributed by atoms with Crippen molar-refractivity contribution in [2.24, 2.45) is 0 Å². The lowest BCUT2D eigenvalue weighted by molar-refractivity contribution is -0.274. The van der Waals surface area contributed by atoms with Crippen LogP contribution in [0.25, 0.3) is 5.69 Å². The van der Waals surface area contributed by atoms with Gasteiger partial charge < -0.3 is 4.74 Å². The Balaban J connectivity index is 1.64. The molecule has 33 heavy (non-hydrogen) atoms. The van der Waals surface area contributed by atoms with E-state index in [1.165, 1.54) is 40.6 Å². The van der Waals surface area contributed by atoms with E-state index in [2.05, 4.69) is 9.72 Å². The van der Waals surface area contributed by atoms with Gasteiger partial charge in [0.05, 0.1) is 21.8 Å². The second-order valence-electron chi connectivity index (χ2n) is 6.93. The Morgan fingerprint density at radius 3 is 2.27 bits per heavy atom. The lowest BCUT2D eigenvalue weighted by Gasteiger charge is -2.15. The van der Waals surface area contributed by atoms with Gasteiger partial charge in [0.1, 0.15) is 5.75 Å². The molecule has 4 rings (SSSR count). The first-order valence-corrected chi connectivity index (χ1v) is 11.4. The zero-order chi connectivity index (χ0) is 23.8. The van der Waals surface area contributed by atoms with E-state index in [1.54, 1.807) is 0 Å². The predicted octanol–water partition coefficient (Wildman–Crippen LogP) is 6.09. The molecule has 0 saturated carbocycles. The number of hydrogen-bond donors (Lipinski definition) is 0. The fourth-order valence-electron chi connectivity index (χ4n) is 3.15. The normalized spacial score (nSPS) is 13.8. The number of hydrogen-bond acceptors (Lipinski definition) is 5. The lowest BCUT2D eigenvalue weighted by atomic mass is 10.1. The largest absolute Gasteiger partial charge is 0.573 e. The van der Waals surface area contributed by atoms with Gasteiger partial charge in [-0.25, -0.2) is 4.98 Å². The molecular formula is C21H14F6N2O2S2. The van der Waals surface area contributed by atoms with Gasteiger partial charge in [0.15, 0.2) is 5.16 Å². The minimum absolute atomic E-state index is 0.242. The molecule has 12 heteroatoms. The molecule has 0 unspecified atom stereocenters. The van der Waals surface area contributed by atoms with Crippen molar-refractivity contribution in [3.63, 3.8) is 0 Å². The highest BCUT2D eigenvalue weighted by Gasteiger charge is 2.31. The molecule has 0 spiro atoms. The van der Waals surface area contributed by atoms with Gasteiger partial charge in [0.25, 0.3) is 5.56 Å². The summed E-state index contributed by atoms with van der Waals surface area (Å²) in [4.78, 5) is 18.1. The quantitative estimate of drug-likeness (QED) is 0.239. The van der Waals surface area contributed by atoms with Crippen molar-refractivity contribution < 1.29 is 31.1 Å². The summed E-state index contributed by atoms with van der Waals surface area (Å²) in [5, 5.41) is 0.297. The number of ether oxygens (including phenoxy) is 1. The van der Waals surface area contributed by atoms with Crippen LogP contribution in [0.4, 0.5) is 26.3 Å². The second kappa shape index (κ2) is 8.98. The molecule has 1 aromatic heterocycles. The summed E-state index contributed by atoms with van der Waals surface area (Å²) >= 11 is 2.51. The Morgan fingerprint density at radius 2 is 1.67 bits per heavy atom. The van der Waals surface area contributed by atoms with Gasteiger partial charge in [-0.2, -0.15) is 13.2 Å². The maximum Gasteiger partial charge on any atom is 0.573 e. The fourth-order valence-corrected chi connectivity index (χ4v) is 5.16. The third kappa shape index (κ3) is 5.49. The smallest absolute Gasteiger partial charge is 0.406 e. The minimum atomic E-state index is -4.84. The molecule has 0 saturated heterocycles. The summed E-state index contributed by atoms with van der Waals surface area (Å²) in [5.74, 6) is 0.496. The molecule has 2 heterocycles. The topological polar surface area (TPSA) is 44.1 Å². The zero-order valence-electron chi connectivity index (χ0n) is 16.5. The van der Waals surface area contributed by atoms with Crippen molar-refractivity contribution in [2.45, 2.75) is 34.8 Å². The van der Waals surface area contributed by atoms with E-state index in [9.17, 15) is 31.1 Å². The molecule has 3 aromatic rings. The molecule has 4 nitrogen and oxygen atoms in total. The number of thioether (sulfide) groups is 2. The first-order valence-electron chi connectivity index (χ1n) is 9.45. The van der Waals surface area contributed by atoms with E-state index in [-0.39, 0.29) is 11.3 Å². The summed E-state index contributed by atoms with van der Waals surface area (Å²) < 4.78 is 80.8. The Labute approximate surface area is 192 Å². The fraction of sp³-hybridized carbons (Fsp3) is 0.238. The number of nitrogens with zero attached hydrogens (tertiary/aromatic N) is 2. The molecule has 0 bridgehead atoms. The van der Waals surface area contributed by atoms with Crippen molar-refractivity contribution in [1.82, 2.24) is 9.55 Å². The molecule has 0 aliphatic carbocycles. The van der Waals surface area contributed by atoms with Crippen LogP contribution in [-0.2, 0) is 18.3 Å². The van der Waals surface area contributed by atoms with Crippen molar-refractivity contribution in [3.8, 4) is 11.4 Å². The monoisotopic (exact) mass is 504 g/mol. The molecule has 174 valence electrons. The van der Waals surface area contributed by atoms with Crippen LogP contribution in [0.2, 0.25) is 0 Å². The van der Waals surface area contributed by atoms with Crippen LogP contribution in [0.5, 0.6) is 5.75 Å². The molecule has 0 amide bonds. The third-order valence-corrected chi connectivity index (χ3v) is 6.76. The van der Waals surface area contributed by atoms with Crippen LogP contribution in [0.3, 0.4) is 0 Å². The van der Waals surface area contributed by atoms with E-state index in [1.807, 2.05) is 0 Å². The van der Waals surface area contributed by atoms with Crippen LogP contribution >= 0.6 is 23.5 Å². The highest BCUT2D eigenvalue weighted by molar-refractivity contribution is 7.99. The molecule has 2 aromatic carbocycles. The number of aryl methyl sites for hydroxylation is 1. The maximum absolute atomic E-state index is 13.1. The average molecular weight is 504 g/mol. The SMILES string of the molecule is O=c1c2c(nc(SCc3ccc(C(F)(F)F)cc3)n1-c1ccc(OC(F)(F)F)cc1)CCS2. The van der Waals surface area contributed by atoms with Crippen LogP contribution in [0, 0.1) is 0 Å². The standard InChI is InChI=1S/C21H14F6N2O2S2/c22-20(23,24)13-3-1-12(2-4-13)11-33-19-28-16-9-10-32-17(16)18(30)29(19)14-5-7-15(8-6-14)31-21(25,26)27/h1-8H,9-11H2. The Hall–Kier alpha value is -2.60. The highest BCUT2D eigenvalue weighted by atomic mass is 32.2. The van der Waals surface area contributed by atoms with Gasteiger partial charge in [0.2, 0.25) is 0 Å². The number of rotatable bonds is 5. The Morgan fingerprint density at radius 1 is 1.00 bits per heavy atom. The first kappa shape index (κ1) is 23.6. The average Bonchev–Trinajstić information content (AvgIpc) is 3.21. The Kier molecular flexibility index (Phi) is 6.41. The molecule has 1 aliphatic heterocycles. The van der Waals surface area contributed by atoms with E-state index in [0.29, 0.717) is 39.2 Å². The van der Waals surface area contributed by atoms with Crippen molar-refractivity contribution in [3.05, 3.63) is 75.7 Å². The van der Waals surface area contributed by atoms with Crippen molar-refractivity contribution >= 4 is 23.5 Å². The van der Waals surface area contributed by atoms with E-state index >= 15 is 0 Å². The molecule has 0 fully saturated rings. The molecule has 0 radical (unpaired) electrons. The summed E-state index contributed by atoms with van der Waals surface area (Å²) in [5.41, 5.74) is 0.418. The maximum atomic E-state index is 13.1. The molecule has 1 aliphatic rings. The van der Waals surface area contributed by atoms with E-state index in [0.717, 1.165) is 36.0 Å². The van der Waals surface area contributed by atoms with Gasteiger partial charge in [-0.1, -0.05) is 23.9 Å². The van der Waals surface area contributed by atoms with Crippen molar-refractivity contribution in [2.75, 3.05) is 5.75 Å². The Bertz CT molecular complexity index is 1210. The van der Waals surface area contributed by atoms with E-state index < -0.39 is 23.9 Å². The number of halogens is 6. The van der Waals surface area contributed by atoms with Gasteiger partial charge in [0, 0.05) is 17.9 Å². The van der Waals surface area contributed by atoms with E-state index in [4.69, 9.17) is 0 Å². The summed E-state index contributed by atoms with van der Waals surface area (Å²) in [6.45, 7) is 0. The van der Waals surface area contributed by atoms with Crippen molar-refractivity contribution in [1.29, 1.82) is 0 Å². The number of fused-ring (bicyclic) bond motifs is 1. The first-order chi connectivity index (χ1) is 15.5. The number of aromatic nitrogens is 2. The van der Waals surface area contributed by atoms with Gasteiger partial charge in [-0.3, -0.25) is 9.36 Å². The van der Waals surface area contributed by atoms with Crippen LogP contribution < -0.4 is 10.3 Å². The van der Waals surface area contributed by atoms with Crippen LogP contribution in [0.1, 0.15) is 16.8 Å². The molecule has 0 N–H and O–H groups in total. The van der Waals surface area contributed by atoms with Gasteiger partial charge in [-0.05, 0) is 42.0 Å². The zero-order valence-corrected chi connectivity index (χ0v) is 18.2.